The van der Waals surface area contributed by atoms with E-state index in [0.717, 1.165) is 17.1 Å². The van der Waals surface area contributed by atoms with Crippen LogP contribution in [0.4, 0.5) is 17.1 Å². The number of benzene rings is 10. The zero-order valence-electron chi connectivity index (χ0n) is 32.0. The standard InChI is InChI=1S/C57H39N/c1-5-17-40(18-6-1)47-26-15-28-49-50-29-16-27-48(52(50)38-37-51(47)49)41-31-33-45(34-32-41)58(44-23-11-4-12-24-44)46-35-36-54-53-25-13-14-30-55(53)57(56(54)39-46,42-19-7-2-8-20-42)43-21-9-3-10-22-43/h1-39H. The van der Waals surface area contributed by atoms with Crippen LogP contribution >= 0.6 is 0 Å². The van der Waals surface area contributed by atoms with Crippen LogP contribution in [0.1, 0.15) is 22.3 Å². The normalized spacial score (nSPS) is 12.6. The van der Waals surface area contributed by atoms with Crippen LogP contribution in [0.15, 0.2) is 237 Å². The minimum Gasteiger partial charge on any atom is -0.310 e. The van der Waals surface area contributed by atoms with Gasteiger partial charge in [-0.2, -0.15) is 0 Å². The van der Waals surface area contributed by atoms with E-state index < -0.39 is 5.41 Å². The molecule has 0 bridgehead atoms. The Morgan fingerprint density at radius 2 is 0.707 bits per heavy atom. The highest BCUT2D eigenvalue weighted by molar-refractivity contribution is 6.15. The van der Waals surface area contributed by atoms with Crippen molar-refractivity contribution in [3.05, 3.63) is 259 Å². The highest BCUT2D eigenvalue weighted by Crippen LogP contribution is 2.57. The third kappa shape index (κ3) is 5.32. The summed E-state index contributed by atoms with van der Waals surface area (Å²) in [5, 5.41) is 5.06. The van der Waals surface area contributed by atoms with Crippen molar-refractivity contribution in [1.82, 2.24) is 0 Å². The lowest BCUT2D eigenvalue weighted by Crippen LogP contribution is -2.28. The second-order valence-electron chi connectivity index (χ2n) is 15.2. The Hall–Kier alpha value is -7.48. The summed E-state index contributed by atoms with van der Waals surface area (Å²) in [4.78, 5) is 2.40. The Morgan fingerprint density at radius 3 is 1.31 bits per heavy atom. The van der Waals surface area contributed by atoms with E-state index >= 15 is 0 Å². The summed E-state index contributed by atoms with van der Waals surface area (Å²) in [6, 6.07) is 86.7. The third-order valence-electron chi connectivity index (χ3n) is 12.2. The number of fused-ring (bicyclic) bond motifs is 6. The van der Waals surface area contributed by atoms with Gasteiger partial charge in [0.1, 0.15) is 0 Å². The van der Waals surface area contributed by atoms with Crippen LogP contribution < -0.4 is 4.90 Å². The van der Waals surface area contributed by atoms with Gasteiger partial charge in [-0.15, -0.1) is 0 Å². The molecule has 0 N–H and O–H groups in total. The van der Waals surface area contributed by atoms with Gasteiger partial charge in [-0.3, -0.25) is 0 Å². The summed E-state index contributed by atoms with van der Waals surface area (Å²) >= 11 is 0. The molecule has 0 fully saturated rings. The molecule has 58 heavy (non-hydrogen) atoms. The molecule has 0 heterocycles. The van der Waals surface area contributed by atoms with E-state index in [1.54, 1.807) is 0 Å². The van der Waals surface area contributed by atoms with E-state index in [9.17, 15) is 0 Å². The molecule has 1 aliphatic rings. The maximum Gasteiger partial charge on any atom is 0.0714 e. The summed E-state index contributed by atoms with van der Waals surface area (Å²) in [5.41, 5.74) is 15.5. The number of hydrogen-bond acceptors (Lipinski definition) is 1. The Morgan fingerprint density at radius 1 is 0.259 bits per heavy atom. The van der Waals surface area contributed by atoms with E-state index in [-0.39, 0.29) is 0 Å². The maximum absolute atomic E-state index is 2.44. The zero-order valence-corrected chi connectivity index (χ0v) is 32.0. The quantitative estimate of drug-likeness (QED) is 0.147. The van der Waals surface area contributed by atoms with Gasteiger partial charge in [-0.25, -0.2) is 0 Å². The number of hydrogen-bond donors (Lipinski definition) is 0. The molecule has 0 amide bonds. The first-order valence-electron chi connectivity index (χ1n) is 20.1. The molecule has 1 heteroatoms. The van der Waals surface area contributed by atoms with E-state index in [1.165, 1.54) is 77.2 Å². The Bertz CT molecular complexity index is 3040. The average molecular weight is 738 g/mol. The monoisotopic (exact) mass is 737 g/mol. The molecule has 0 spiro atoms. The predicted octanol–water partition coefficient (Wildman–Crippen LogP) is 15.2. The van der Waals surface area contributed by atoms with Gasteiger partial charge in [-0.1, -0.05) is 200 Å². The van der Waals surface area contributed by atoms with Crippen molar-refractivity contribution in [2.75, 3.05) is 4.90 Å². The summed E-state index contributed by atoms with van der Waals surface area (Å²) < 4.78 is 0. The minimum absolute atomic E-state index is 0.475. The van der Waals surface area contributed by atoms with Crippen LogP contribution in [-0.4, -0.2) is 0 Å². The summed E-state index contributed by atoms with van der Waals surface area (Å²) in [5.74, 6) is 0. The number of para-hydroxylation sites is 1. The molecule has 0 aromatic heterocycles. The molecule has 10 aromatic rings. The topological polar surface area (TPSA) is 3.24 Å². The maximum atomic E-state index is 2.44. The molecule has 0 saturated heterocycles. The van der Waals surface area contributed by atoms with E-state index in [0.29, 0.717) is 0 Å². The van der Waals surface area contributed by atoms with E-state index in [1.807, 2.05) is 0 Å². The molecule has 0 aliphatic heterocycles. The van der Waals surface area contributed by atoms with Gasteiger partial charge in [0.2, 0.25) is 0 Å². The smallest absolute Gasteiger partial charge is 0.0714 e. The molecule has 0 atom stereocenters. The van der Waals surface area contributed by atoms with Crippen LogP contribution in [0, 0.1) is 0 Å². The van der Waals surface area contributed by atoms with Crippen molar-refractivity contribution in [3.8, 4) is 33.4 Å². The number of rotatable bonds is 7. The Kier molecular flexibility index (Phi) is 8.12. The molecule has 272 valence electrons. The summed E-state index contributed by atoms with van der Waals surface area (Å²) in [7, 11) is 0. The minimum atomic E-state index is -0.475. The van der Waals surface area contributed by atoms with Gasteiger partial charge >= 0.3 is 0 Å². The SMILES string of the molecule is c1ccc(-c2cccc3c2ccc2c(-c4ccc(N(c5ccccc5)c5ccc6c(c5)C(c5ccccc5)(c5ccccc5)c5ccccc5-6)cc4)cccc23)cc1. The molecule has 0 radical (unpaired) electrons. The van der Waals surface area contributed by atoms with E-state index in [4.69, 9.17) is 0 Å². The van der Waals surface area contributed by atoms with Crippen LogP contribution in [0.2, 0.25) is 0 Å². The molecular formula is C57H39N. The van der Waals surface area contributed by atoms with Crippen molar-refractivity contribution < 1.29 is 0 Å². The van der Waals surface area contributed by atoms with Gasteiger partial charge in [0.25, 0.3) is 0 Å². The van der Waals surface area contributed by atoms with Crippen molar-refractivity contribution in [2.24, 2.45) is 0 Å². The predicted molar refractivity (Wildman–Crippen MR) is 244 cm³/mol. The van der Waals surface area contributed by atoms with Crippen LogP contribution in [0.3, 0.4) is 0 Å². The molecule has 0 unspecified atom stereocenters. The van der Waals surface area contributed by atoms with Crippen molar-refractivity contribution in [2.45, 2.75) is 5.41 Å². The first kappa shape index (κ1) is 33.8. The van der Waals surface area contributed by atoms with Crippen molar-refractivity contribution >= 4 is 38.6 Å². The molecular weight excluding hydrogens is 699 g/mol. The lowest BCUT2D eigenvalue weighted by atomic mass is 9.67. The molecule has 1 nitrogen and oxygen atoms in total. The number of anilines is 3. The highest BCUT2D eigenvalue weighted by atomic mass is 15.1. The summed E-state index contributed by atoms with van der Waals surface area (Å²) in [6.45, 7) is 0. The van der Waals surface area contributed by atoms with Gasteiger partial charge in [0.05, 0.1) is 5.41 Å². The van der Waals surface area contributed by atoms with Crippen molar-refractivity contribution in [1.29, 1.82) is 0 Å². The first-order valence-corrected chi connectivity index (χ1v) is 20.1. The molecule has 1 aliphatic carbocycles. The molecule has 11 rings (SSSR count). The zero-order chi connectivity index (χ0) is 38.5. The Labute approximate surface area is 339 Å². The lowest BCUT2D eigenvalue weighted by molar-refractivity contribution is 0.768. The fraction of sp³-hybridized carbons (Fsp3) is 0.0175. The van der Waals surface area contributed by atoms with Gasteiger partial charge in [0.15, 0.2) is 0 Å². The second kappa shape index (κ2) is 13.9. The second-order valence-corrected chi connectivity index (χ2v) is 15.2. The van der Waals surface area contributed by atoms with Crippen molar-refractivity contribution in [3.63, 3.8) is 0 Å². The van der Waals surface area contributed by atoms with Crippen LogP contribution in [0.25, 0.3) is 54.9 Å². The largest absolute Gasteiger partial charge is 0.310 e. The highest BCUT2D eigenvalue weighted by Gasteiger charge is 2.46. The van der Waals surface area contributed by atoms with Gasteiger partial charge in [-0.05, 0) is 114 Å². The van der Waals surface area contributed by atoms with Gasteiger partial charge < -0.3 is 4.90 Å². The van der Waals surface area contributed by atoms with Crippen LogP contribution in [0.5, 0.6) is 0 Å². The molecule has 10 aromatic carbocycles. The number of nitrogens with zero attached hydrogens (tertiary/aromatic N) is 1. The first-order chi connectivity index (χ1) is 28.8. The average Bonchev–Trinajstić information content (AvgIpc) is 3.60. The lowest BCUT2D eigenvalue weighted by Gasteiger charge is -2.35. The molecule has 0 saturated carbocycles. The summed E-state index contributed by atoms with van der Waals surface area (Å²) in [6.07, 6.45) is 0. The van der Waals surface area contributed by atoms with Crippen LogP contribution in [-0.2, 0) is 5.41 Å². The fourth-order valence-corrected chi connectivity index (χ4v) is 9.63. The Balaban J connectivity index is 1.05. The fourth-order valence-electron chi connectivity index (χ4n) is 9.63. The third-order valence-corrected chi connectivity index (χ3v) is 12.2. The van der Waals surface area contributed by atoms with Gasteiger partial charge in [0, 0.05) is 17.1 Å². The van der Waals surface area contributed by atoms with E-state index in [2.05, 4.69) is 241 Å².